The Balaban J connectivity index is 2.43. The van der Waals surface area contributed by atoms with Gasteiger partial charge in [0.1, 0.15) is 11.5 Å². The molecule has 102 valence electrons. The summed E-state index contributed by atoms with van der Waals surface area (Å²) in [4.78, 5) is 0. The molecule has 0 aliphatic heterocycles. The topological polar surface area (TPSA) is 18.5 Å². The lowest BCUT2D eigenvalue weighted by Crippen LogP contribution is -1.95. The summed E-state index contributed by atoms with van der Waals surface area (Å²) >= 11 is 19.8. The predicted molar refractivity (Wildman–Crippen MR) is 81.6 cm³/mol. The minimum absolute atomic E-state index is 0.403. The van der Waals surface area contributed by atoms with Crippen molar-refractivity contribution in [2.45, 2.75) is 5.38 Å². The van der Waals surface area contributed by atoms with E-state index in [1.165, 1.54) is 11.3 Å². The van der Waals surface area contributed by atoms with Crippen molar-refractivity contribution < 1.29 is 9.47 Å². The minimum atomic E-state index is -0.403. The number of halogens is 3. The molecule has 0 aliphatic carbocycles. The molecule has 1 aromatic carbocycles. The average Bonchev–Trinajstić information content (AvgIpc) is 2.76. The van der Waals surface area contributed by atoms with E-state index in [2.05, 4.69) is 0 Å². The highest BCUT2D eigenvalue weighted by molar-refractivity contribution is 7.20. The maximum absolute atomic E-state index is 6.46. The van der Waals surface area contributed by atoms with Crippen LogP contribution < -0.4 is 9.47 Å². The Labute approximate surface area is 130 Å². The molecule has 0 radical (unpaired) electrons. The second kappa shape index (κ2) is 6.23. The first-order chi connectivity index (χ1) is 9.05. The number of benzene rings is 1. The lowest BCUT2D eigenvalue weighted by Gasteiger charge is -2.12. The SMILES string of the molecule is COc1cc(OC)cc(C(Cl)c2cc(Cl)sc2Cl)c1. The van der Waals surface area contributed by atoms with Gasteiger partial charge in [0.25, 0.3) is 0 Å². The molecule has 0 spiro atoms. The fourth-order valence-electron chi connectivity index (χ4n) is 1.68. The largest absolute Gasteiger partial charge is 0.497 e. The number of thiophene rings is 1. The van der Waals surface area contributed by atoms with Crippen molar-refractivity contribution in [2.75, 3.05) is 14.2 Å². The molecule has 6 heteroatoms. The van der Waals surface area contributed by atoms with Gasteiger partial charge < -0.3 is 9.47 Å². The molecule has 2 nitrogen and oxygen atoms in total. The van der Waals surface area contributed by atoms with Gasteiger partial charge in [0.15, 0.2) is 0 Å². The highest BCUT2D eigenvalue weighted by atomic mass is 35.5. The fourth-order valence-corrected chi connectivity index (χ4v) is 3.63. The Morgan fingerprint density at radius 2 is 1.58 bits per heavy atom. The number of hydrogen-bond donors (Lipinski definition) is 0. The van der Waals surface area contributed by atoms with E-state index in [9.17, 15) is 0 Å². The van der Waals surface area contributed by atoms with Crippen LogP contribution in [0.15, 0.2) is 24.3 Å². The van der Waals surface area contributed by atoms with Crippen molar-refractivity contribution in [1.82, 2.24) is 0 Å². The molecule has 1 unspecified atom stereocenters. The van der Waals surface area contributed by atoms with E-state index in [0.717, 1.165) is 11.1 Å². The first-order valence-corrected chi connectivity index (χ1v) is 7.37. The summed E-state index contributed by atoms with van der Waals surface area (Å²) in [6.07, 6.45) is 0. The number of alkyl halides is 1. The molecule has 1 heterocycles. The van der Waals surface area contributed by atoms with E-state index in [1.54, 1.807) is 26.4 Å². The van der Waals surface area contributed by atoms with Gasteiger partial charge in [0.05, 0.1) is 28.3 Å². The van der Waals surface area contributed by atoms with Gasteiger partial charge in [-0.1, -0.05) is 23.2 Å². The van der Waals surface area contributed by atoms with Crippen LogP contribution >= 0.6 is 46.1 Å². The Morgan fingerprint density at radius 3 is 2.00 bits per heavy atom. The molecule has 19 heavy (non-hydrogen) atoms. The van der Waals surface area contributed by atoms with Crippen LogP contribution in [0.1, 0.15) is 16.5 Å². The molecule has 2 rings (SSSR count). The summed E-state index contributed by atoms with van der Waals surface area (Å²) in [5.41, 5.74) is 1.63. The van der Waals surface area contributed by atoms with Crippen LogP contribution in [0.2, 0.25) is 8.67 Å². The van der Waals surface area contributed by atoms with Crippen molar-refractivity contribution in [2.24, 2.45) is 0 Å². The third-order valence-electron chi connectivity index (χ3n) is 2.62. The quantitative estimate of drug-likeness (QED) is 0.695. The zero-order valence-electron chi connectivity index (χ0n) is 10.2. The van der Waals surface area contributed by atoms with Crippen LogP contribution in [0.4, 0.5) is 0 Å². The van der Waals surface area contributed by atoms with Crippen molar-refractivity contribution in [3.8, 4) is 11.5 Å². The van der Waals surface area contributed by atoms with Crippen molar-refractivity contribution >= 4 is 46.1 Å². The second-order valence-electron chi connectivity index (χ2n) is 3.79. The summed E-state index contributed by atoms with van der Waals surface area (Å²) in [5.74, 6) is 1.36. The smallest absolute Gasteiger partial charge is 0.122 e. The number of rotatable bonds is 4. The highest BCUT2D eigenvalue weighted by Crippen LogP contribution is 2.42. The minimum Gasteiger partial charge on any atom is -0.497 e. The maximum Gasteiger partial charge on any atom is 0.122 e. The molecular weight excluding hydrogens is 327 g/mol. The van der Waals surface area contributed by atoms with Crippen LogP contribution in [0, 0.1) is 0 Å². The third-order valence-corrected chi connectivity index (χ3v) is 4.63. The van der Waals surface area contributed by atoms with E-state index in [4.69, 9.17) is 44.3 Å². The van der Waals surface area contributed by atoms with Crippen LogP contribution in [0.3, 0.4) is 0 Å². The van der Waals surface area contributed by atoms with Crippen LogP contribution in [0.5, 0.6) is 11.5 Å². The van der Waals surface area contributed by atoms with Gasteiger partial charge in [-0.05, 0) is 23.8 Å². The van der Waals surface area contributed by atoms with Crippen LogP contribution in [0.25, 0.3) is 0 Å². The zero-order chi connectivity index (χ0) is 14.0. The van der Waals surface area contributed by atoms with Gasteiger partial charge in [0, 0.05) is 11.6 Å². The average molecular weight is 338 g/mol. The van der Waals surface area contributed by atoms with Gasteiger partial charge in [-0.3, -0.25) is 0 Å². The molecule has 0 bridgehead atoms. The number of methoxy groups -OCH3 is 2. The van der Waals surface area contributed by atoms with Crippen molar-refractivity contribution in [3.05, 3.63) is 44.1 Å². The third kappa shape index (κ3) is 3.29. The lowest BCUT2D eigenvalue weighted by atomic mass is 10.1. The summed E-state index contributed by atoms with van der Waals surface area (Å²) in [6.45, 7) is 0. The Hall–Kier alpha value is -0.610. The molecule has 0 saturated carbocycles. The highest BCUT2D eigenvalue weighted by Gasteiger charge is 2.18. The summed E-state index contributed by atoms with van der Waals surface area (Å²) in [6, 6.07) is 7.26. The molecular formula is C13H11Cl3O2S. The Morgan fingerprint density at radius 1 is 1.00 bits per heavy atom. The van der Waals surface area contributed by atoms with E-state index in [1.807, 2.05) is 12.1 Å². The number of ether oxygens (including phenoxy) is 2. The van der Waals surface area contributed by atoms with Gasteiger partial charge in [0.2, 0.25) is 0 Å². The molecule has 0 aliphatic rings. The fraction of sp³-hybridized carbons (Fsp3) is 0.231. The standard InChI is InChI=1S/C13H11Cl3O2S/c1-17-8-3-7(4-9(5-8)18-2)12(15)10-6-11(14)19-13(10)16/h3-6,12H,1-2H3. The van der Waals surface area contributed by atoms with Crippen LogP contribution in [-0.4, -0.2) is 14.2 Å². The summed E-state index contributed by atoms with van der Waals surface area (Å²) < 4.78 is 11.6. The first-order valence-electron chi connectivity index (χ1n) is 5.37. The normalized spacial score (nSPS) is 12.3. The lowest BCUT2D eigenvalue weighted by molar-refractivity contribution is 0.393. The van der Waals surface area contributed by atoms with E-state index in [0.29, 0.717) is 20.2 Å². The van der Waals surface area contributed by atoms with Crippen molar-refractivity contribution in [1.29, 1.82) is 0 Å². The summed E-state index contributed by atoms with van der Waals surface area (Å²) in [5, 5.41) is -0.403. The number of hydrogen-bond acceptors (Lipinski definition) is 3. The van der Waals surface area contributed by atoms with Gasteiger partial charge in [-0.25, -0.2) is 0 Å². The predicted octanol–water partition coefficient (Wildman–Crippen LogP) is 5.40. The van der Waals surface area contributed by atoms with E-state index in [-0.39, 0.29) is 0 Å². The Kier molecular flexibility index (Phi) is 4.85. The summed E-state index contributed by atoms with van der Waals surface area (Å²) in [7, 11) is 3.19. The van der Waals surface area contributed by atoms with Gasteiger partial charge >= 0.3 is 0 Å². The zero-order valence-corrected chi connectivity index (χ0v) is 13.3. The molecule has 0 N–H and O–H groups in total. The molecule has 2 aromatic rings. The first kappa shape index (κ1) is 14.8. The maximum atomic E-state index is 6.46. The van der Waals surface area contributed by atoms with Gasteiger partial charge in [-0.2, -0.15) is 0 Å². The second-order valence-corrected chi connectivity index (χ2v) is 6.51. The van der Waals surface area contributed by atoms with E-state index >= 15 is 0 Å². The van der Waals surface area contributed by atoms with E-state index < -0.39 is 5.38 Å². The molecule has 0 saturated heterocycles. The Bertz CT molecular complexity index is 561. The monoisotopic (exact) mass is 336 g/mol. The molecule has 0 amide bonds. The van der Waals surface area contributed by atoms with Gasteiger partial charge in [-0.15, -0.1) is 22.9 Å². The molecule has 1 atom stereocenters. The molecule has 1 aromatic heterocycles. The molecule has 0 fully saturated rings. The van der Waals surface area contributed by atoms with Crippen molar-refractivity contribution in [3.63, 3.8) is 0 Å². The van der Waals surface area contributed by atoms with Crippen LogP contribution in [-0.2, 0) is 0 Å².